The van der Waals surface area contributed by atoms with Crippen LogP contribution in [0.4, 0.5) is 0 Å². The van der Waals surface area contributed by atoms with Crippen molar-refractivity contribution >= 4 is 15.9 Å². The van der Waals surface area contributed by atoms with Gasteiger partial charge in [0.1, 0.15) is 5.75 Å². The number of rotatable bonds is 7. The molecule has 0 aromatic heterocycles. The fraction of sp³-hybridized carbons (Fsp3) is 0.385. The van der Waals surface area contributed by atoms with Crippen LogP contribution in [0.25, 0.3) is 0 Å². The molecule has 5 heteroatoms. The molecule has 0 aliphatic rings. The van der Waals surface area contributed by atoms with Crippen LogP contribution in [0, 0.1) is 0 Å². The molecule has 18 heavy (non-hydrogen) atoms. The van der Waals surface area contributed by atoms with Gasteiger partial charge in [-0.2, -0.15) is 0 Å². The average Bonchev–Trinajstić information content (AvgIpc) is 2.37. The van der Waals surface area contributed by atoms with E-state index in [9.17, 15) is 0 Å². The third-order valence-corrected chi connectivity index (χ3v) is 2.70. The Morgan fingerprint density at radius 3 is 2.17 bits per heavy atom. The van der Waals surface area contributed by atoms with Gasteiger partial charge in [-0.1, -0.05) is 22.5 Å². The molecule has 1 aromatic rings. The van der Waals surface area contributed by atoms with Crippen molar-refractivity contribution in [3.05, 3.63) is 28.8 Å². The Balaban J connectivity index is 2.91. The third kappa shape index (κ3) is 3.92. The van der Waals surface area contributed by atoms with E-state index in [0.717, 1.165) is 15.8 Å². The zero-order valence-electron chi connectivity index (χ0n) is 10.9. The van der Waals surface area contributed by atoms with Gasteiger partial charge in [0.15, 0.2) is 11.5 Å². The van der Waals surface area contributed by atoms with E-state index in [4.69, 9.17) is 14.2 Å². The summed E-state index contributed by atoms with van der Waals surface area (Å²) in [4.78, 5) is 0. The zero-order valence-corrected chi connectivity index (χ0v) is 12.5. The predicted molar refractivity (Wildman–Crippen MR) is 75.9 cm³/mol. The van der Waals surface area contributed by atoms with Gasteiger partial charge >= 0.3 is 0 Å². The lowest BCUT2D eigenvalue weighted by Crippen LogP contribution is -2.15. The van der Waals surface area contributed by atoms with E-state index in [1.807, 2.05) is 12.1 Å². The van der Waals surface area contributed by atoms with Gasteiger partial charge in [-0.05, 0) is 6.07 Å². The first-order chi connectivity index (χ1) is 8.62. The lowest BCUT2D eigenvalue weighted by atomic mass is 10.1. The van der Waals surface area contributed by atoms with Crippen molar-refractivity contribution in [2.45, 2.75) is 6.54 Å². The van der Waals surface area contributed by atoms with Crippen molar-refractivity contribution in [2.75, 3.05) is 27.9 Å². The first-order valence-electron chi connectivity index (χ1n) is 5.45. The first-order valence-corrected chi connectivity index (χ1v) is 6.24. The minimum Gasteiger partial charge on any atom is -0.496 e. The maximum atomic E-state index is 5.34. The second-order valence-electron chi connectivity index (χ2n) is 3.64. The number of halogens is 1. The molecule has 0 fully saturated rings. The molecule has 1 N–H and O–H groups in total. The van der Waals surface area contributed by atoms with Crippen molar-refractivity contribution in [1.29, 1.82) is 0 Å². The summed E-state index contributed by atoms with van der Waals surface area (Å²) in [5.74, 6) is 2.11. The maximum Gasteiger partial charge on any atom is 0.164 e. The molecule has 1 rings (SSSR count). The van der Waals surface area contributed by atoms with Crippen LogP contribution in [0.5, 0.6) is 17.2 Å². The lowest BCUT2D eigenvalue weighted by Gasteiger charge is -2.14. The van der Waals surface area contributed by atoms with Gasteiger partial charge in [0, 0.05) is 29.2 Å². The topological polar surface area (TPSA) is 39.7 Å². The molecular weight excluding hydrogens is 298 g/mol. The number of benzene rings is 1. The SMILES string of the molecule is C=C(Br)CNCc1cc(OC)c(OC)cc1OC. The van der Waals surface area contributed by atoms with E-state index < -0.39 is 0 Å². The van der Waals surface area contributed by atoms with E-state index in [0.29, 0.717) is 24.6 Å². The number of ether oxygens (including phenoxy) is 3. The molecule has 0 radical (unpaired) electrons. The van der Waals surface area contributed by atoms with E-state index in [1.54, 1.807) is 21.3 Å². The fourth-order valence-corrected chi connectivity index (χ4v) is 1.76. The molecule has 0 spiro atoms. The van der Waals surface area contributed by atoms with E-state index in [-0.39, 0.29) is 0 Å². The monoisotopic (exact) mass is 315 g/mol. The summed E-state index contributed by atoms with van der Waals surface area (Å²) in [6.07, 6.45) is 0. The van der Waals surface area contributed by atoms with Gasteiger partial charge in [-0.25, -0.2) is 0 Å². The minimum atomic E-state index is 0.656. The number of nitrogens with one attached hydrogen (secondary N) is 1. The fourth-order valence-electron chi connectivity index (χ4n) is 1.56. The molecule has 0 amide bonds. The van der Waals surface area contributed by atoms with Crippen molar-refractivity contribution in [3.63, 3.8) is 0 Å². The van der Waals surface area contributed by atoms with E-state index in [1.165, 1.54) is 0 Å². The summed E-state index contributed by atoms with van der Waals surface area (Å²) < 4.78 is 16.7. The molecule has 0 heterocycles. The molecule has 4 nitrogen and oxygen atoms in total. The maximum absolute atomic E-state index is 5.34. The smallest absolute Gasteiger partial charge is 0.164 e. The summed E-state index contributed by atoms with van der Waals surface area (Å²) in [6.45, 7) is 5.12. The lowest BCUT2D eigenvalue weighted by molar-refractivity contribution is 0.347. The number of methoxy groups -OCH3 is 3. The highest BCUT2D eigenvalue weighted by Gasteiger charge is 2.11. The Labute approximate surface area is 116 Å². The molecule has 0 saturated heterocycles. The van der Waals surface area contributed by atoms with Crippen LogP contribution < -0.4 is 19.5 Å². The molecular formula is C13H18BrNO3. The second-order valence-corrected chi connectivity index (χ2v) is 4.76. The standard InChI is InChI=1S/C13H18BrNO3/c1-9(14)7-15-8-10-5-12(17-3)13(18-4)6-11(10)16-2/h5-6,15H,1,7-8H2,2-4H3. The Hall–Kier alpha value is -1.20. The van der Waals surface area contributed by atoms with Gasteiger partial charge < -0.3 is 19.5 Å². The van der Waals surface area contributed by atoms with Crippen molar-refractivity contribution in [3.8, 4) is 17.2 Å². The van der Waals surface area contributed by atoms with Crippen molar-refractivity contribution in [1.82, 2.24) is 5.32 Å². The quantitative estimate of drug-likeness (QED) is 0.840. The molecule has 0 unspecified atom stereocenters. The summed E-state index contributed by atoms with van der Waals surface area (Å²) in [5.41, 5.74) is 1.00. The highest BCUT2D eigenvalue weighted by atomic mass is 79.9. The van der Waals surface area contributed by atoms with Crippen molar-refractivity contribution < 1.29 is 14.2 Å². The minimum absolute atomic E-state index is 0.656. The molecule has 0 bridgehead atoms. The highest BCUT2D eigenvalue weighted by molar-refractivity contribution is 9.11. The first kappa shape index (κ1) is 14.9. The second kappa shape index (κ2) is 7.28. The molecule has 100 valence electrons. The third-order valence-electron chi connectivity index (χ3n) is 2.42. The van der Waals surface area contributed by atoms with Crippen LogP contribution in [0.15, 0.2) is 23.2 Å². The summed E-state index contributed by atoms with van der Waals surface area (Å²) in [5, 5.41) is 3.24. The van der Waals surface area contributed by atoms with E-state index >= 15 is 0 Å². The van der Waals surface area contributed by atoms with Crippen molar-refractivity contribution in [2.24, 2.45) is 0 Å². The average molecular weight is 316 g/mol. The van der Waals surface area contributed by atoms with Gasteiger partial charge in [0.05, 0.1) is 21.3 Å². The Morgan fingerprint density at radius 1 is 1.11 bits per heavy atom. The van der Waals surface area contributed by atoms with Crippen LogP contribution >= 0.6 is 15.9 Å². The molecule has 0 atom stereocenters. The zero-order chi connectivity index (χ0) is 13.5. The number of hydrogen-bond acceptors (Lipinski definition) is 4. The largest absolute Gasteiger partial charge is 0.496 e. The van der Waals surface area contributed by atoms with Crippen LogP contribution in [-0.4, -0.2) is 27.9 Å². The van der Waals surface area contributed by atoms with Gasteiger partial charge in [-0.15, -0.1) is 0 Å². The molecule has 0 aliphatic heterocycles. The Bertz CT molecular complexity index is 421. The Kier molecular flexibility index (Phi) is 6.01. The van der Waals surface area contributed by atoms with E-state index in [2.05, 4.69) is 27.8 Å². The molecule has 1 aromatic carbocycles. The number of hydrogen-bond donors (Lipinski definition) is 1. The van der Waals surface area contributed by atoms with Crippen LogP contribution in [0.2, 0.25) is 0 Å². The molecule has 0 aliphatic carbocycles. The summed E-state index contributed by atoms with van der Waals surface area (Å²) >= 11 is 3.30. The molecule has 0 saturated carbocycles. The van der Waals surface area contributed by atoms with Crippen LogP contribution in [0.3, 0.4) is 0 Å². The predicted octanol–water partition coefficient (Wildman–Crippen LogP) is 2.71. The van der Waals surface area contributed by atoms with Crippen LogP contribution in [0.1, 0.15) is 5.56 Å². The summed E-state index contributed by atoms with van der Waals surface area (Å²) in [6, 6.07) is 3.72. The van der Waals surface area contributed by atoms with Gasteiger partial charge in [0.25, 0.3) is 0 Å². The van der Waals surface area contributed by atoms with Gasteiger partial charge in [0.2, 0.25) is 0 Å². The summed E-state index contributed by atoms with van der Waals surface area (Å²) in [7, 11) is 4.85. The Morgan fingerprint density at radius 2 is 1.67 bits per heavy atom. The normalized spacial score (nSPS) is 10.0. The van der Waals surface area contributed by atoms with Gasteiger partial charge in [-0.3, -0.25) is 0 Å². The van der Waals surface area contributed by atoms with Crippen LogP contribution in [-0.2, 0) is 6.54 Å². The highest BCUT2D eigenvalue weighted by Crippen LogP contribution is 2.34.